The highest BCUT2D eigenvalue weighted by atomic mass is 16.7. The SMILES string of the molecule is COc1ccc2cc3[n+](cc2c1OC(=O)CCCCNC(=O)c1cc(/N=N/c2ccc(COC(=O)N(C)CCN(C)C(=O)n4ccc5c(NC6C7CC8CC6CC(O)(C8)C7)c(C(N)=O)cnc54)cc2)ccc1O)CCc1cc2c(cc1-3)OCO2. The van der Waals surface area contributed by atoms with Crippen LogP contribution >= 0.6 is 0 Å². The van der Waals surface area contributed by atoms with Gasteiger partial charge in [0, 0.05) is 76.5 Å². The van der Waals surface area contributed by atoms with Gasteiger partial charge < -0.3 is 60.1 Å². The summed E-state index contributed by atoms with van der Waals surface area (Å²) in [6.07, 6.45) is 10.5. The Hall–Kier alpha value is -9.31. The molecule has 4 fully saturated rings. The number of aromatic nitrogens is 3. The molecule has 4 saturated carbocycles. The second-order valence-corrected chi connectivity index (χ2v) is 22.7. The summed E-state index contributed by atoms with van der Waals surface area (Å²) < 4.78 is 31.9. The third-order valence-electron chi connectivity index (χ3n) is 17.1. The Labute approximate surface area is 483 Å². The minimum Gasteiger partial charge on any atom is -0.507 e. The van der Waals surface area contributed by atoms with Crippen molar-refractivity contribution in [2.45, 2.75) is 82.6 Å². The molecule has 4 aromatic carbocycles. The van der Waals surface area contributed by atoms with Gasteiger partial charge in [-0.1, -0.05) is 12.1 Å². The van der Waals surface area contributed by atoms with E-state index in [0.717, 1.165) is 72.8 Å². The molecule has 4 amide bonds. The number of azo groups is 1. The number of benzene rings is 4. The number of primary amides is 1. The normalized spacial score (nSPS) is 19.7. The topological polar surface area (TPSA) is 275 Å². The van der Waals surface area contributed by atoms with Crippen molar-refractivity contribution in [1.82, 2.24) is 24.7 Å². The monoisotopic (exact) mass is 1140 g/mol. The number of pyridine rings is 2. The van der Waals surface area contributed by atoms with E-state index in [-0.39, 0.29) is 80.2 Å². The minimum atomic E-state index is -0.627. The number of aryl methyl sites for hydroxylation is 2. The molecule has 2 atom stereocenters. The van der Waals surface area contributed by atoms with Crippen molar-refractivity contribution < 1.29 is 62.4 Å². The third kappa shape index (κ3) is 11.1. The standard InChI is InChI=1S/C62H64N10O12/c1-69(60(77)72-19-16-43-55(46(57(63)75)31-65-58(43)72)66-54-39-22-36-23-40(54)30-62(79,28-36)29-39)20-21-70(2)61(78)81-33-35-7-10-41(11-8-35)67-68-42-12-13-49(73)45(26-42)59(76)64-17-5-4-6-53(74)84-56-47-32-71-18-15-38-25-51-52(83-34-82-51)27-44(38)48(71)24-37(47)9-14-50(56)80-3/h7-14,16,19,24-27,31-32,36,39-40,54,79H,4-6,15,17-18,20-23,28-30,33-34H2,1-3H3,(H4-,63,64,65,66,67,73,75,76)/p+1. The predicted molar refractivity (Wildman–Crippen MR) is 307 cm³/mol. The number of methoxy groups -OCH3 is 1. The predicted octanol–water partition coefficient (Wildman–Crippen LogP) is 8.68. The van der Waals surface area contributed by atoms with E-state index < -0.39 is 29.5 Å². The van der Waals surface area contributed by atoms with Gasteiger partial charge in [0.2, 0.25) is 12.5 Å². The number of fused-ring (bicyclic) bond motifs is 6. The number of ether oxygens (including phenoxy) is 5. The Bertz CT molecular complexity index is 3790. The summed E-state index contributed by atoms with van der Waals surface area (Å²) >= 11 is 0. The number of unbranched alkanes of at least 4 members (excludes halogenated alkanes) is 1. The lowest BCUT2D eigenvalue weighted by Crippen LogP contribution is -2.59. The number of anilines is 1. The van der Waals surface area contributed by atoms with Crippen molar-refractivity contribution in [2.24, 2.45) is 33.7 Å². The van der Waals surface area contributed by atoms with Crippen molar-refractivity contribution in [1.29, 1.82) is 0 Å². The van der Waals surface area contributed by atoms with Crippen molar-refractivity contribution in [3.8, 4) is 40.0 Å². The van der Waals surface area contributed by atoms with Crippen LogP contribution in [0.2, 0.25) is 0 Å². The Kier molecular flexibility index (Phi) is 15.0. The molecule has 3 aromatic heterocycles. The van der Waals surface area contributed by atoms with Gasteiger partial charge in [0.25, 0.3) is 11.8 Å². The highest BCUT2D eigenvalue weighted by molar-refractivity contribution is 6.07. The average molecular weight is 1140 g/mol. The molecule has 22 heteroatoms. The van der Waals surface area contributed by atoms with Crippen LogP contribution in [0.5, 0.6) is 28.7 Å². The number of aliphatic hydroxyl groups is 1. The highest BCUT2D eigenvalue weighted by Crippen LogP contribution is 2.56. The molecule has 13 rings (SSSR count). The lowest BCUT2D eigenvalue weighted by Gasteiger charge is -2.58. The summed E-state index contributed by atoms with van der Waals surface area (Å²) in [4.78, 5) is 73.2. The van der Waals surface area contributed by atoms with Gasteiger partial charge in [0.05, 0.1) is 51.8 Å². The fourth-order valence-corrected chi connectivity index (χ4v) is 13.0. The summed E-state index contributed by atoms with van der Waals surface area (Å²) in [5.74, 6) is 1.46. The number of carbonyl (C=O) groups is 5. The molecule has 84 heavy (non-hydrogen) atoms. The first-order valence-electron chi connectivity index (χ1n) is 28.3. The van der Waals surface area contributed by atoms with E-state index in [1.54, 1.807) is 56.7 Å². The Balaban J connectivity index is 0.583. The Morgan fingerprint density at radius 1 is 0.881 bits per heavy atom. The Morgan fingerprint density at radius 2 is 1.63 bits per heavy atom. The molecule has 4 aliphatic carbocycles. The molecule has 6 N–H and O–H groups in total. The number of nitrogens with one attached hydrogen (secondary N) is 2. The van der Waals surface area contributed by atoms with Gasteiger partial charge in [-0.3, -0.25) is 19.0 Å². The second kappa shape index (κ2) is 22.8. The summed E-state index contributed by atoms with van der Waals surface area (Å²) in [7, 11) is 4.73. The highest BCUT2D eigenvalue weighted by Gasteiger charge is 2.55. The van der Waals surface area contributed by atoms with Crippen LogP contribution in [0.1, 0.15) is 83.2 Å². The second-order valence-electron chi connectivity index (χ2n) is 22.7. The van der Waals surface area contributed by atoms with Gasteiger partial charge in [-0.05, 0) is 140 Å². The van der Waals surface area contributed by atoms with Gasteiger partial charge >= 0.3 is 18.1 Å². The molecule has 2 unspecified atom stereocenters. The fourth-order valence-electron chi connectivity index (χ4n) is 13.0. The molecule has 22 nitrogen and oxygen atoms in total. The van der Waals surface area contributed by atoms with Crippen LogP contribution in [0, 0.1) is 17.8 Å². The number of esters is 1. The van der Waals surface area contributed by atoms with Crippen LogP contribution in [0.15, 0.2) is 108 Å². The first kappa shape index (κ1) is 55.2. The van der Waals surface area contributed by atoms with E-state index in [2.05, 4.69) is 36.5 Å². The van der Waals surface area contributed by atoms with E-state index in [0.29, 0.717) is 69.7 Å². The van der Waals surface area contributed by atoms with Gasteiger partial charge in [-0.2, -0.15) is 14.8 Å². The first-order chi connectivity index (χ1) is 40.6. The van der Waals surface area contributed by atoms with E-state index >= 15 is 0 Å². The van der Waals surface area contributed by atoms with Gasteiger partial charge in [0.1, 0.15) is 18.0 Å². The lowest BCUT2D eigenvalue weighted by molar-refractivity contribution is -0.686. The molecule has 5 heterocycles. The maximum absolute atomic E-state index is 13.8. The number of carbonyl (C=O) groups excluding carboxylic acids is 5. The van der Waals surface area contributed by atoms with E-state index in [4.69, 9.17) is 29.4 Å². The number of nitrogens with zero attached hydrogens (tertiary/aromatic N) is 7. The number of phenolic OH excluding ortho intramolecular Hbond substituents is 1. The summed E-state index contributed by atoms with van der Waals surface area (Å²) in [5.41, 5.74) is 11.1. The number of likely N-dealkylation sites (N-methyl/N-ethyl adjacent to an activating group) is 2. The average Bonchev–Trinajstić information content (AvgIpc) is 3.33. The molecule has 6 aliphatic rings. The van der Waals surface area contributed by atoms with E-state index in [9.17, 15) is 34.2 Å². The van der Waals surface area contributed by atoms with Crippen LogP contribution in [-0.4, -0.2) is 119 Å². The number of aromatic hydroxyl groups is 1. The van der Waals surface area contributed by atoms with Crippen LogP contribution in [0.4, 0.5) is 26.7 Å². The van der Waals surface area contributed by atoms with Crippen LogP contribution in [0.3, 0.4) is 0 Å². The molecule has 7 aromatic rings. The van der Waals surface area contributed by atoms with E-state index in [1.165, 1.54) is 51.4 Å². The molecule has 4 bridgehead atoms. The molecule has 0 saturated heterocycles. The smallest absolute Gasteiger partial charge is 0.409 e. The zero-order chi connectivity index (χ0) is 58.4. The zero-order valence-electron chi connectivity index (χ0n) is 46.8. The van der Waals surface area contributed by atoms with Gasteiger partial charge in [-0.25, -0.2) is 14.6 Å². The largest absolute Gasteiger partial charge is 0.507 e. The number of nitrogens with two attached hydrogens (primary N) is 1. The van der Waals surface area contributed by atoms with Crippen molar-refractivity contribution in [2.75, 3.05) is 52.9 Å². The van der Waals surface area contributed by atoms with Crippen LogP contribution < -0.4 is 39.9 Å². The third-order valence-corrected chi connectivity index (χ3v) is 17.1. The lowest BCUT2D eigenvalue weighted by atomic mass is 9.52. The number of hydrogen-bond acceptors (Lipinski definition) is 16. The molecular weight excluding hydrogens is 1080 g/mol. The molecule has 0 radical (unpaired) electrons. The number of rotatable bonds is 18. The minimum absolute atomic E-state index is 0.00865. The quantitative estimate of drug-likeness (QED) is 0.0177. The van der Waals surface area contributed by atoms with Gasteiger partial charge in [-0.15, -0.1) is 0 Å². The number of hydrogen-bond donors (Lipinski definition) is 5. The maximum Gasteiger partial charge on any atom is 0.409 e. The summed E-state index contributed by atoms with van der Waals surface area (Å²) in [5, 5.41) is 38.9. The van der Waals surface area contributed by atoms with Gasteiger partial charge in [0.15, 0.2) is 35.7 Å². The Morgan fingerprint density at radius 3 is 2.39 bits per heavy atom. The van der Waals surface area contributed by atoms with Crippen molar-refractivity contribution in [3.63, 3.8) is 0 Å². The zero-order valence-corrected chi connectivity index (χ0v) is 46.8. The van der Waals surface area contributed by atoms with Crippen LogP contribution in [0.25, 0.3) is 33.1 Å². The molecule has 434 valence electrons. The number of amides is 4. The van der Waals surface area contributed by atoms with Crippen LogP contribution in [-0.2, 0) is 29.1 Å². The maximum atomic E-state index is 13.8. The van der Waals surface area contributed by atoms with Crippen molar-refractivity contribution in [3.05, 3.63) is 120 Å². The summed E-state index contributed by atoms with van der Waals surface area (Å²) in [6, 6.07) is 22.5. The summed E-state index contributed by atoms with van der Waals surface area (Å²) in [6.45, 7) is 1.47. The molecule has 2 aliphatic heterocycles. The first-order valence-corrected chi connectivity index (χ1v) is 28.3. The van der Waals surface area contributed by atoms with E-state index in [1.807, 2.05) is 24.4 Å². The molecule has 0 spiro atoms. The molecular formula is C62H65N10O12+. The van der Waals surface area contributed by atoms with Crippen molar-refractivity contribution >= 4 is 68.8 Å². The number of phenols is 1. The fraction of sp³-hybridized carbons (Fsp3) is 0.371.